The smallest absolute Gasteiger partial charge is 0.113 e. The number of fused-ring (bicyclic) bond motifs is 1. The number of nitrogens with zero attached hydrogens (tertiary/aromatic N) is 3. The number of rotatable bonds is 8. The fourth-order valence-corrected chi connectivity index (χ4v) is 4.86. The SMILES string of the molecule is CC(C)OCCn1c(C2CCN(CCc3cccs3)CC2)nc2ccccc21. The minimum Gasteiger partial charge on any atom is -0.377 e. The predicted octanol–water partition coefficient (Wildman–Crippen LogP) is 4.94. The number of piperidine rings is 1. The highest BCUT2D eigenvalue weighted by molar-refractivity contribution is 7.09. The molecular formula is C23H31N3OS. The highest BCUT2D eigenvalue weighted by Gasteiger charge is 2.25. The summed E-state index contributed by atoms with van der Waals surface area (Å²) in [7, 11) is 0. The van der Waals surface area contributed by atoms with Crippen LogP contribution in [0.5, 0.6) is 0 Å². The Hall–Kier alpha value is -1.69. The maximum Gasteiger partial charge on any atom is 0.113 e. The van der Waals surface area contributed by atoms with E-state index in [1.807, 2.05) is 11.3 Å². The first kappa shape index (κ1) is 19.6. The molecule has 3 aromatic rings. The molecule has 0 atom stereocenters. The Labute approximate surface area is 172 Å². The molecule has 2 aromatic heterocycles. The van der Waals surface area contributed by atoms with Gasteiger partial charge in [0.25, 0.3) is 0 Å². The van der Waals surface area contributed by atoms with Crippen molar-refractivity contribution >= 4 is 22.4 Å². The van der Waals surface area contributed by atoms with E-state index in [1.165, 1.54) is 55.1 Å². The highest BCUT2D eigenvalue weighted by atomic mass is 32.1. The van der Waals surface area contributed by atoms with Gasteiger partial charge in [0.15, 0.2) is 0 Å². The van der Waals surface area contributed by atoms with E-state index in [0.717, 1.165) is 18.7 Å². The lowest BCUT2D eigenvalue weighted by atomic mass is 9.95. The fourth-order valence-electron chi connectivity index (χ4n) is 4.16. The Morgan fingerprint density at radius 2 is 1.93 bits per heavy atom. The number of imidazole rings is 1. The topological polar surface area (TPSA) is 30.3 Å². The second-order valence-electron chi connectivity index (χ2n) is 7.98. The van der Waals surface area contributed by atoms with Gasteiger partial charge in [0.05, 0.1) is 23.7 Å². The van der Waals surface area contributed by atoms with Crippen molar-refractivity contribution in [3.63, 3.8) is 0 Å². The van der Waals surface area contributed by atoms with Crippen molar-refractivity contribution in [3.05, 3.63) is 52.5 Å². The van der Waals surface area contributed by atoms with Crippen LogP contribution in [-0.4, -0.2) is 46.8 Å². The van der Waals surface area contributed by atoms with E-state index in [1.54, 1.807) is 0 Å². The summed E-state index contributed by atoms with van der Waals surface area (Å²) in [4.78, 5) is 9.15. The predicted molar refractivity (Wildman–Crippen MR) is 117 cm³/mol. The molecule has 4 rings (SSSR count). The molecule has 150 valence electrons. The van der Waals surface area contributed by atoms with Crippen molar-refractivity contribution in [2.24, 2.45) is 0 Å². The average Bonchev–Trinajstić information content (AvgIpc) is 3.35. The molecule has 3 heterocycles. The molecular weight excluding hydrogens is 366 g/mol. The molecule has 5 heteroatoms. The van der Waals surface area contributed by atoms with Gasteiger partial charge in [-0.05, 0) is 69.8 Å². The molecule has 1 saturated heterocycles. The number of thiophene rings is 1. The lowest BCUT2D eigenvalue weighted by molar-refractivity contribution is 0.0724. The summed E-state index contributed by atoms with van der Waals surface area (Å²) < 4.78 is 8.24. The van der Waals surface area contributed by atoms with Gasteiger partial charge >= 0.3 is 0 Å². The van der Waals surface area contributed by atoms with E-state index in [4.69, 9.17) is 9.72 Å². The zero-order valence-corrected chi connectivity index (χ0v) is 17.8. The van der Waals surface area contributed by atoms with Crippen molar-refractivity contribution in [1.29, 1.82) is 0 Å². The zero-order chi connectivity index (χ0) is 19.3. The van der Waals surface area contributed by atoms with Crippen LogP contribution in [0.4, 0.5) is 0 Å². The minimum atomic E-state index is 0.268. The van der Waals surface area contributed by atoms with Crippen LogP contribution in [0.25, 0.3) is 11.0 Å². The van der Waals surface area contributed by atoms with Gasteiger partial charge in [-0.3, -0.25) is 0 Å². The number of hydrogen-bond donors (Lipinski definition) is 0. The Morgan fingerprint density at radius 1 is 1.11 bits per heavy atom. The van der Waals surface area contributed by atoms with E-state index >= 15 is 0 Å². The molecule has 0 aliphatic carbocycles. The van der Waals surface area contributed by atoms with Gasteiger partial charge in [0.1, 0.15) is 5.82 Å². The summed E-state index contributed by atoms with van der Waals surface area (Å²) in [6.07, 6.45) is 3.83. The largest absolute Gasteiger partial charge is 0.377 e. The Bertz CT molecular complexity index is 863. The van der Waals surface area contributed by atoms with Crippen LogP contribution in [0.15, 0.2) is 41.8 Å². The Kier molecular flexibility index (Phi) is 6.45. The van der Waals surface area contributed by atoms with E-state index in [-0.39, 0.29) is 6.10 Å². The zero-order valence-electron chi connectivity index (χ0n) is 17.0. The van der Waals surface area contributed by atoms with Gasteiger partial charge in [0.2, 0.25) is 0 Å². The van der Waals surface area contributed by atoms with E-state index in [2.05, 4.69) is 65.1 Å². The number of hydrogen-bond acceptors (Lipinski definition) is 4. The maximum atomic E-state index is 5.83. The summed E-state index contributed by atoms with van der Waals surface area (Å²) in [6, 6.07) is 12.9. The molecule has 1 aliphatic rings. The van der Waals surface area contributed by atoms with Crippen LogP contribution in [0.2, 0.25) is 0 Å². The average molecular weight is 398 g/mol. The van der Waals surface area contributed by atoms with E-state index in [9.17, 15) is 0 Å². The molecule has 0 N–H and O–H groups in total. The number of benzene rings is 1. The number of para-hydroxylation sites is 2. The van der Waals surface area contributed by atoms with Gasteiger partial charge in [0, 0.05) is 23.9 Å². The van der Waals surface area contributed by atoms with Crippen LogP contribution < -0.4 is 0 Å². The number of ether oxygens (including phenoxy) is 1. The summed E-state index contributed by atoms with van der Waals surface area (Å²) in [5.41, 5.74) is 2.35. The third-order valence-corrected chi connectivity index (χ3v) is 6.59. The van der Waals surface area contributed by atoms with Crippen molar-refractivity contribution in [2.45, 2.75) is 51.7 Å². The van der Waals surface area contributed by atoms with Crippen molar-refractivity contribution in [3.8, 4) is 0 Å². The lowest BCUT2D eigenvalue weighted by Crippen LogP contribution is -2.35. The fraction of sp³-hybridized carbons (Fsp3) is 0.522. The van der Waals surface area contributed by atoms with Crippen molar-refractivity contribution in [1.82, 2.24) is 14.5 Å². The van der Waals surface area contributed by atoms with Gasteiger partial charge in [-0.2, -0.15) is 0 Å². The van der Waals surface area contributed by atoms with E-state index < -0.39 is 0 Å². The normalized spacial score (nSPS) is 16.4. The molecule has 28 heavy (non-hydrogen) atoms. The molecule has 1 aromatic carbocycles. The Balaban J connectivity index is 1.42. The second-order valence-corrected chi connectivity index (χ2v) is 9.01. The molecule has 0 spiro atoms. The summed E-state index contributed by atoms with van der Waals surface area (Å²) >= 11 is 1.87. The Morgan fingerprint density at radius 3 is 2.68 bits per heavy atom. The van der Waals surface area contributed by atoms with Gasteiger partial charge < -0.3 is 14.2 Å². The van der Waals surface area contributed by atoms with Crippen molar-refractivity contribution in [2.75, 3.05) is 26.2 Å². The highest BCUT2D eigenvalue weighted by Crippen LogP contribution is 2.30. The summed E-state index contributed by atoms with van der Waals surface area (Å²) in [5.74, 6) is 1.80. The summed E-state index contributed by atoms with van der Waals surface area (Å²) in [5, 5.41) is 2.18. The lowest BCUT2D eigenvalue weighted by Gasteiger charge is -2.31. The third-order valence-electron chi connectivity index (χ3n) is 5.66. The van der Waals surface area contributed by atoms with Crippen LogP contribution in [0.1, 0.15) is 43.3 Å². The quantitative estimate of drug-likeness (QED) is 0.539. The molecule has 0 amide bonds. The number of likely N-dealkylation sites (tertiary alicyclic amines) is 1. The first-order valence-corrected chi connectivity index (χ1v) is 11.4. The molecule has 0 bridgehead atoms. The van der Waals surface area contributed by atoms with Gasteiger partial charge in [-0.1, -0.05) is 18.2 Å². The van der Waals surface area contributed by atoms with Crippen LogP contribution in [0.3, 0.4) is 0 Å². The van der Waals surface area contributed by atoms with Gasteiger partial charge in [-0.15, -0.1) is 11.3 Å². The molecule has 0 saturated carbocycles. The van der Waals surface area contributed by atoms with Crippen LogP contribution in [0, 0.1) is 0 Å². The molecule has 1 aliphatic heterocycles. The standard InChI is InChI=1S/C23H31N3OS/c1-18(2)27-16-15-26-22-8-4-3-7-21(22)24-23(26)19-9-12-25(13-10-19)14-11-20-6-5-17-28-20/h3-8,17-19H,9-16H2,1-2H3. The van der Waals surface area contributed by atoms with Crippen molar-refractivity contribution < 1.29 is 4.74 Å². The maximum absolute atomic E-state index is 5.83. The second kappa shape index (κ2) is 9.21. The first-order valence-electron chi connectivity index (χ1n) is 10.5. The summed E-state index contributed by atoms with van der Waals surface area (Å²) in [6.45, 7) is 9.32. The molecule has 0 unspecified atom stereocenters. The number of aromatic nitrogens is 2. The monoisotopic (exact) mass is 397 g/mol. The molecule has 4 nitrogen and oxygen atoms in total. The van der Waals surface area contributed by atoms with Crippen LogP contribution in [-0.2, 0) is 17.7 Å². The van der Waals surface area contributed by atoms with Crippen LogP contribution >= 0.6 is 11.3 Å². The molecule has 1 fully saturated rings. The minimum absolute atomic E-state index is 0.268. The first-order chi connectivity index (χ1) is 13.7. The van der Waals surface area contributed by atoms with E-state index in [0.29, 0.717) is 5.92 Å². The third kappa shape index (κ3) is 4.65. The van der Waals surface area contributed by atoms with Gasteiger partial charge in [-0.25, -0.2) is 4.98 Å². The molecule has 0 radical (unpaired) electrons.